The molecule has 120 valence electrons. The number of nitrogens with zero attached hydrogens (tertiary/aromatic N) is 8. The number of aryl methyl sites for hydroxylation is 2. The van der Waals surface area contributed by atoms with Crippen molar-refractivity contribution < 1.29 is 0 Å². The van der Waals surface area contributed by atoms with Crippen molar-refractivity contribution in [1.82, 2.24) is 34.6 Å². The van der Waals surface area contributed by atoms with Crippen LogP contribution in [0.1, 0.15) is 37.3 Å². The van der Waals surface area contributed by atoms with Gasteiger partial charge in [-0.3, -0.25) is 0 Å². The number of hydrogen-bond donors (Lipinski definition) is 0. The molecule has 0 bridgehead atoms. The van der Waals surface area contributed by atoms with E-state index in [1.54, 1.807) is 6.33 Å². The molecule has 0 radical (unpaired) electrons. The quantitative estimate of drug-likeness (QED) is 0.723. The second-order valence-corrected chi connectivity index (χ2v) is 5.99. The fourth-order valence-corrected chi connectivity index (χ4v) is 3.24. The predicted molar refractivity (Wildman–Crippen MR) is 85.4 cm³/mol. The summed E-state index contributed by atoms with van der Waals surface area (Å²) >= 11 is 0. The fraction of sp³-hybridized carbons (Fsp3) is 0.533. The summed E-state index contributed by atoms with van der Waals surface area (Å²) in [6.45, 7) is 4.01. The summed E-state index contributed by atoms with van der Waals surface area (Å²) in [7, 11) is 2.01. The lowest BCUT2D eigenvalue weighted by Gasteiger charge is -2.32. The van der Waals surface area contributed by atoms with Gasteiger partial charge in [-0.15, -0.1) is 25.5 Å². The van der Waals surface area contributed by atoms with Gasteiger partial charge in [-0.05, 0) is 25.0 Å². The van der Waals surface area contributed by atoms with Crippen LogP contribution in [0.4, 0.5) is 5.82 Å². The van der Waals surface area contributed by atoms with E-state index in [1.165, 1.54) is 0 Å². The first kappa shape index (κ1) is 14.1. The fourth-order valence-electron chi connectivity index (χ4n) is 3.24. The second kappa shape index (κ2) is 5.60. The lowest BCUT2D eigenvalue weighted by atomic mass is 9.96. The maximum atomic E-state index is 4.72. The molecule has 4 rings (SSSR count). The Morgan fingerprint density at radius 1 is 1.13 bits per heavy atom. The molecule has 0 saturated carbocycles. The third kappa shape index (κ3) is 2.43. The zero-order valence-corrected chi connectivity index (χ0v) is 13.4. The zero-order chi connectivity index (χ0) is 15.8. The minimum absolute atomic E-state index is 0.476. The average molecular weight is 312 g/mol. The summed E-state index contributed by atoms with van der Waals surface area (Å²) in [5, 5.41) is 21.3. The highest BCUT2D eigenvalue weighted by molar-refractivity contribution is 5.46. The summed E-state index contributed by atoms with van der Waals surface area (Å²) in [5.74, 6) is 3.45. The van der Waals surface area contributed by atoms with E-state index < -0.39 is 0 Å². The first-order chi connectivity index (χ1) is 11.3. The molecule has 3 aromatic heterocycles. The van der Waals surface area contributed by atoms with E-state index in [9.17, 15) is 0 Å². The van der Waals surface area contributed by atoms with Gasteiger partial charge in [0, 0.05) is 32.5 Å². The van der Waals surface area contributed by atoms with Crippen LogP contribution >= 0.6 is 0 Å². The van der Waals surface area contributed by atoms with E-state index in [-0.39, 0.29) is 0 Å². The number of piperidine rings is 1. The molecule has 1 saturated heterocycles. The molecule has 0 aliphatic carbocycles. The smallest absolute Gasteiger partial charge is 0.178 e. The summed E-state index contributed by atoms with van der Waals surface area (Å²) in [6.07, 6.45) is 4.73. The largest absolute Gasteiger partial charge is 0.355 e. The summed E-state index contributed by atoms with van der Waals surface area (Å²) in [6, 6.07) is 4.02. The molecule has 0 spiro atoms. The Morgan fingerprint density at radius 3 is 2.65 bits per heavy atom. The molecular formula is C15H20N8. The molecule has 0 N–H and O–H groups in total. The molecule has 3 aromatic rings. The van der Waals surface area contributed by atoms with Crippen LogP contribution in [0.25, 0.3) is 5.65 Å². The van der Waals surface area contributed by atoms with Crippen molar-refractivity contribution >= 4 is 11.5 Å². The van der Waals surface area contributed by atoms with Crippen molar-refractivity contribution in [3.8, 4) is 0 Å². The van der Waals surface area contributed by atoms with Crippen molar-refractivity contribution in [3.05, 3.63) is 30.1 Å². The maximum absolute atomic E-state index is 4.72. The van der Waals surface area contributed by atoms with E-state index >= 15 is 0 Å². The Hall–Kier alpha value is -2.51. The summed E-state index contributed by atoms with van der Waals surface area (Å²) < 4.78 is 3.87. The maximum Gasteiger partial charge on any atom is 0.178 e. The molecule has 0 unspecified atom stereocenters. The van der Waals surface area contributed by atoms with E-state index in [0.29, 0.717) is 5.92 Å². The summed E-state index contributed by atoms with van der Waals surface area (Å²) in [4.78, 5) is 2.33. The Morgan fingerprint density at radius 2 is 1.96 bits per heavy atom. The van der Waals surface area contributed by atoms with Gasteiger partial charge in [0.25, 0.3) is 0 Å². The predicted octanol–water partition coefficient (Wildman–Crippen LogP) is 1.20. The Balaban J connectivity index is 1.53. The second-order valence-electron chi connectivity index (χ2n) is 5.99. The van der Waals surface area contributed by atoms with E-state index in [1.807, 2.05) is 28.3 Å². The Labute approximate surface area is 134 Å². The minimum Gasteiger partial charge on any atom is -0.355 e. The van der Waals surface area contributed by atoms with E-state index in [4.69, 9.17) is 5.10 Å². The van der Waals surface area contributed by atoms with Gasteiger partial charge in [-0.1, -0.05) is 6.92 Å². The highest BCUT2D eigenvalue weighted by atomic mass is 15.4. The molecule has 8 heteroatoms. The topological polar surface area (TPSA) is 77.0 Å². The molecule has 0 atom stereocenters. The van der Waals surface area contributed by atoms with Crippen molar-refractivity contribution in [2.24, 2.45) is 7.05 Å². The minimum atomic E-state index is 0.476. The number of fused-ring (bicyclic) bond motifs is 1. The third-order valence-corrected chi connectivity index (χ3v) is 4.56. The highest BCUT2D eigenvalue weighted by Crippen LogP contribution is 2.28. The van der Waals surface area contributed by atoms with Gasteiger partial charge >= 0.3 is 0 Å². The van der Waals surface area contributed by atoms with Crippen LogP contribution < -0.4 is 4.90 Å². The molecule has 1 fully saturated rings. The van der Waals surface area contributed by atoms with Crippen LogP contribution in [0.5, 0.6) is 0 Å². The van der Waals surface area contributed by atoms with Gasteiger partial charge in [0.1, 0.15) is 18.0 Å². The molecular weight excluding hydrogens is 292 g/mol. The van der Waals surface area contributed by atoms with Crippen molar-refractivity contribution in [2.45, 2.75) is 32.1 Å². The van der Waals surface area contributed by atoms with Crippen LogP contribution in [0.3, 0.4) is 0 Å². The molecule has 8 nitrogen and oxygen atoms in total. The average Bonchev–Trinajstić information content (AvgIpc) is 3.20. The van der Waals surface area contributed by atoms with Gasteiger partial charge in [0.05, 0.1) is 0 Å². The van der Waals surface area contributed by atoms with Crippen LogP contribution in [-0.2, 0) is 13.5 Å². The Kier molecular flexibility index (Phi) is 3.44. The summed E-state index contributed by atoms with van der Waals surface area (Å²) in [5.41, 5.74) is 0.805. The monoisotopic (exact) mass is 312 g/mol. The van der Waals surface area contributed by atoms with E-state index in [0.717, 1.165) is 55.5 Å². The van der Waals surface area contributed by atoms with Gasteiger partial charge in [-0.2, -0.15) is 4.52 Å². The third-order valence-electron chi connectivity index (χ3n) is 4.56. The normalized spacial score (nSPS) is 16.3. The van der Waals surface area contributed by atoms with Crippen LogP contribution in [0, 0.1) is 0 Å². The van der Waals surface area contributed by atoms with Crippen molar-refractivity contribution in [3.63, 3.8) is 0 Å². The number of hydrogen-bond acceptors (Lipinski definition) is 6. The molecule has 1 aliphatic heterocycles. The van der Waals surface area contributed by atoms with Crippen LogP contribution in [0.2, 0.25) is 0 Å². The number of anilines is 1. The van der Waals surface area contributed by atoms with Gasteiger partial charge in [-0.25, -0.2) is 0 Å². The number of rotatable bonds is 3. The molecule has 0 amide bonds. The molecule has 1 aliphatic rings. The SMILES string of the molecule is CCc1nnc2ccc(N3CCC(c4nncn4C)CC3)nn12. The lowest BCUT2D eigenvalue weighted by Crippen LogP contribution is -2.34. The van der Waals surface area contributed by atoms with Gasteiger partial charge in [0.15, 0.2) is 11.5 Å². The highest BCUT2D eigenvalue weighted by Gasteiger charge is 2.24. The van der Waals surface area contributed by atoms with Crippen LogP contribution in [-0.4, -0.2) is 47.7 Å². The standard InChI is InChI=1S/C15H20N8/c1-3-12-17-18-13-4-5-14(20-23(12)13)22-8-6-11(7-9-22)15-19-16-10-21(15)2/h4-5,10-11H,3,6-9H2,1-2H3. The Bertz CT molecular complexity index is 812. The first-order valence-corrected chi connectivity index (χ1v) is 8.06. The van der Waals surface area contributed by atoms with Crippen molar-refractivity contribution in [1.29, 1.82) is 0 Å². The molecule has 0 aromatic carbocycles. The van der Waals surface area contributed by atoms with Crippen molar-refractivity contribution in [2.75, 3.05) is 18.0 Å². The molecule has 4 heterocycles. The zero-order valence-electron chi connectivity index (χ0n) is 13.4. The van der Waals surface area contributed by atoms with E-state index in [2.05, 4.69) is 32.2 Å². The van der Waals surface area contributed by atoms with Gasteiger partial charge < -0.3 is 9.47 Å². The lowest BCUT2D eigenvalue weighted by molar-refractivity contribution is 0.470. The van der Waals surface area contributed by atoms with Crippen LogP contribution in [0.15, 0.2) is 18.5 Å². The number of aromatic nitrogens is 7. The first-order valence-electron chi connectivity index (χ1n) is 8.06. The molecule has 23 heavy (non-hydrogen) atoms. The van der Waals surface area contributed by atoms with Gasteiger partial charge in [0.2, 0.25) is 0 Å².